The highest BCUT2D eigenvalue weighted by atomic mass is 79.9. The van der Waals surface area contributed by atoms with E-state index < -0.39 is 0 Å². The van der Waals surface area contributed by atoms with E-state index in [-0.39, 0.29) is 4.75 Å². The van der Waals surface area contributed by atoms with Crippen LogP contribution in [-0.2, 0) is 0 Å². The van der Waals surface area contributed by atoms with Crippen molar-refractivity contribution in [3.8, 4) is 0 Å². The third-order valence-electron chi connectivity index (χ3n) is 1.98. The second kappa shape index (κ2) is 5.03. The number of pyridine rings is 1. The van der Waals surface area contributed by atoms with E-state index in [9.17, 15) is 0 Å². The Morgan fingerprint density at radius 2 is 2.21 bits per heavy atom. The van der Waals surface area contributed by atoms with Crippen LogP contribution in [0.5, 0.6) is 0 Å². The Kier molecular flexibility index (Phi) is 4.26. The van der Waals surface area contributed by atoms with Gasteiger partial charge in [-0.2, -0.15) is 11.8 Å². The molecule has 0 saturated heterocycles. The van der Waals surface area contributed by atoms with Gasteiger partial charge >= 0.3 is 0 Å². The monoisotopic (exact) mass is 274 g/mol. The van der Waals surface area contributed by atoms with Crippen LogP contribution in [0.2, 0.25) is 0 Å². The first kappa shape index (κ1) is 11.9. The number of nitrogens with one attached hydrogen (secondary N) is 1. The maximum atomic E-state index is 4.09. The third kappa shape index (κ3) is 3.88. The Bertz CT molecular complexity index is 302. The standard InChI is InChI=1S/C10H15BrN2S/c1-10(2,14-3)7-13-9-4-8(11)5-12-6-9/h4-6,13H,7H2,1-3H3. The number of hydrogen-bond donors (Lipinski definition) is 1. The van der Waals surface area contributed by atoms with E-state index >= 15 is 0 Å². The molecule has 0 bridgehead atoms. The van der Waals surface area contributed by atoms with Gasteiger partial charge in [-0.25, -0.2) is 0 Å². The third-order valence-corrected chi connectivity index (χ3v) is 3.66. The zero-order valence-corrected chi connectivity index (χ0v) is 11.1. The molecular formula is C10H15BrN2S. The maximum absolute atomic E-state index is 4.09. The van der Waals surface area contributed by atoms with Crippen LogP contribution in [0.1, 0.15) is 13.8 Å². The van der Waals surface area contributed by atoms with Crippen molar-refractivity contribution in [1.29, 1.82) is 0 Å². The minimum Gasteiger partial charge on any atom is -0.382 e. The smallest absolute Gasteiger partial charge is 0.0538 e. The maximum Gasteiger partial charge on any atom is 0.0538 e. The molecule has 0 fully saturated rings. The molecule has 78 valence electrons. The van der Waals surface area contributed by atoms with Crippen LogP contribution in [0, 0.1) is 0 Å². The zero-order chi connectivity index (χ0) is 10.6. The summed E-state index contributed by atoms with van der Waals surface area (Å²) < 4.78 is 1.26. The molecule has 0 unspecified atom stereocenters. The van der Waals surface area contributed by atoms with Gasteiger partial charge in [-0.15, -0.1) is 0 Å². The average molecular weight is 275 g/mol. The van der Waals surface area contributed by atoms with E-state index in [1.807, 2.05) is 24.0 Å². The first-order valence-corrected chi connectivity index (χ1v) is 6.45. The number of anilines is 1. The molecule has 0 aliphatic rings. The van der Waals surface area contributed by atoms with E-state index in [0.29, 0.717) is 0 Å². The van der Waals surface area contributed by atoms with Crippen molar-refractivity contribution in [2.24, 2.45) is 0 Å². The van der Waals surface area contributed by atoms with E-state index in [0.717, 1.165) is 16.7 Å². The van der Waals surface area contributed by atoms with Gasteiger partial charge in [0, 0.05) is 22.0 Å². The normalized spacial score (nSPS) is 11.4. The zero-order valence-electron chi connectivity index (χ0n) is 8.67. The molecule has 0 radical (unpaired) electrons. The summed E-state index contributed by atoms with van der Waals surface area (Å²) in [4.78, 5) is 4.09. The van der Waals surface area contributed by atoms with Crippen LogP contribution in [0.15, 0.2) is 22.9 Å². The average Bonchev–Trinajstić information content (AvgIpc) is 2.15. The van der Waals surface area contributed by atoms with Gasteiger partial charge in [0.15, 0.2) is 0 Å². The Morgan fingerprint density at radius 1 is 1.50 bits per heavy atom. The molecule has 0 saturated carbocycles. The second-order valence-corrected chi connectivity index (χ2v) is 6.14. The van der Waals surface area contributed by atoms with Crippen LogP contribution in [0.3, 0.4) is 0 Å². The van der Waals surface area contributed by atoms with E-state index in [1.54, 1.807) is 6.20 Å². The lowest BCUT2D eigenvalue weighted by Crippen LogP contribution is -2.25. The lowest BCUT2D eigenvalue weighted by atomic mass is 10.2. The molecule has 1 aromatic rings. The highest BCUT2D eigenvalue weighted by molar-refractivity contribution is 9.10. The fourth-order valence-corrected chi connectivity index (χ4v) is 1.48. The Balaban J connectivity index is 2.54. The molecule has 1 rings (SSSR count). The molecule has 0 aromatic carbocycles. The van der Waals surface area contributed by atoms with Gasteiger partial charge in [0.05, 0.1) is 11.9 Å². The van der Waals surface area contributed by atoms with Crippen molar-refractivity contribution in [3.63, 3.8) is 0 Å². The fourth-order valence-electron chi connectivity index (χ4n) is 0.896. The molecule has 0 atom stereocenters. The number of halogens is 1. The van der Waals surface area contributed by atoms with Gasteiger partial charge < -0.3 is 5.32 Å². The highest BCUT2D eigenvalue weighted by Gasteiger charge is 2.14. The van der Waals surface area contributed by atoms with Crippen LogP contribution in [-0.4, -0.2) is 22.5 Å². The summed E-state index contributed by atoms with van der Waals surface area (Å²) in [6.07, 6.45) is 5.74. The molecule has 0 amide bonds. The van der Waals surface area contributed by atoms with Crippen molar-refractivity contribution in [3.05, 3.63) is 22.9 Å². The molecular weight excluding hydrogens is 260 g/mol. The summed E-state index contributed by atoms with van der Waals surface area (Å²) in [6, 6.07) is 2.03. The Hall–Kier alpha value is -0.220. The van der Waals surface area contributed by atoms with E-state index in [1.165, 1.54) is 0 Å². The summed E-state index contributed by atoms with van der Waals surface area (Å²) in [5, 5.41) is 3.36. The highest BCUT2D eigenvalue weighted by Crippen LogP contribution is 2.22. The number of hydrogen-bond acceptors (Lipinski definition) is 3. The minimum absolute atomic E-state index is 0.252. The number of thioether (sulfide) groups is 1. The van der Waals surface area contributed by atoms with E-state index in [4.69, 9.17) is 0 Å². The molecule has 1 aromatic heterocycles. The lowest BCUT2D eigenvalue weighted by Gasteiger charge is -2.22. The first-order chi connectivity index (χ1) is 6.53. The fraction of sp³-hybridized carbons (Fsp3) is 0.500. The Labute approximate surface area is 98.0 Å². The topological polar surface area (TPSA) is 24.9 Å². The molecule has 1 heterocycles. The molecule has 0 aliphatic carbocycles. The number of aromatic nitrogens is 1. The van der Waals surface area contributed by atoms with Crippen molar-refractivity contribution in [2.45, 2.75) is 18.6 Å². The molecule has 14 heavy (non-hydrogen) atoms. The summed E-state index contributed by atoms with van der Waals surface area (Å²) in [5.41, 5.74) is 1.06. The minimum atomic E-state index is 0.252. The van der Waals surface area contributed by atoms with E-state index in [2.05, 4.69) is 46.3 Å². The van der Waals surface area contributed by atoms with Crippen molar-refractivity contribution >= 4 is 33.4 Å². The Morgan fingerprint density at radius 3 is 2.79 bits per heavy atom. The van der Waals surface area contributed by atoms with Crippen LogP contribution in [0.4, 0.5) is 5.69 Å². The summed E-state index contributed by atoms with van der Waals surface area (Å²) >= 11 is 5.25. The van der Waals surface area contributed by atoms with Gasteiger partial charge in [-0.3, -0.25) is 4.98 Å². The van der Waals surface area contributed by atoms with Gasteiger partial charge in [0.25, 0.3) is 0 Å². The van der Waals surface area contributed by atoms with Gasteiger partial charge in [-0.05, 0) is 42.1 Å². The van der Waals surface area contributed by atoms with Crippen LogP contribution >= 0.6 is 27.7 Å². The molecule has 2 nitrogen and oxygen atoms in total. The number of rotatable bonds is 4. The quantitative estimate of drug-likeness (QED) is 0.911. The van der Waals surface area contributed by atoms with Crippen molar-refractivity contribution < 1.29 is 0 Å². The number of nitrogens with zero attached hydrogens (tertiary/aromatic N) is 1. The van der Waals surface area contributed by atoms with Crippen molar-refractivity contribution in [1.82, 2.24) is 4.98 Å². The van der Waals surface area contributed by atoms with Gasteiger partial charge in [0.1, 0.15) is 0 Å². The molecule has 0 spiro atoms. The van der Waals surface area contributed by atoms with Gasteiger partial charge in [-0.1, -0.05) is 0 Å². The predicted octanol–water partition coefficient (Wildman–Crippen LogP) is 3.40. The summed E-state index contributed by atoms with van der Waals surface area (Å²) in [6.45, 7) is 5.37. The van der Waals surface area contributed by atoms with Gasteiger partial charge in [0.2, 0.25) is 0 Å². The van der Waals surface area contributed by atoms with Crippen LogP contribution in [0.25, 0.3) is 0 Å². The van der Waals surface area contributed by atoms with Crippen molar-refractivity contribution in [2.75, 3.05) is 18.1 Å². The lowest BCUT2D eigenvalue weighted by molar-refractivity contribution is 0.752. The molecule has 4 heteroatoms. The van der Waals surface area contributed by atoms with Crippen LogP contribution < -0.4 is 5.32 Å². The molecule has 1 N–H and O–H groups in total. The molecule has 0 aliphatic heterocycles. The second-order valence-electron chi connectivity index (χ2n) is 3.71. The summed E-state index contributed by atoms with van der Waals surface area (Å²) in [5.74, 6) is 0. The largest absolute Gasteiger partial charge is 0.382 e. The first-order valence-electron chi connectivity index (χ1n) is 4.43. The SMILES string of the molecule is CSC(C)(C)CNc1cncc(Br)c1. The summed E-state index contributed by atoms with van der Waals surface area (Å²) in [7, 11) is 0. The predicted molar refractivity (Wildman–Crippen MR) is 68.0 cm³/mol.